The Morgan fingerprint density at radius 3 is 2.43 bits per heavy atom. The van der Waals surface area contributed by atoms with E-state index in [1.807, 2.05) is 42.5 Å². The van der Waals surface area contributed by atoms with E-state index in [9.17, 15) is 9.59 Å². The van der Waals surface area contributed by atoms with Gasteiger partial charge < -0.3 is 4.90 Å². The zero-order valence-corrected chi connectivity index (χ0v) is 11.6. The van der Waals surface area contributed by atoms with Gasteiger partial charge in [-0.2, -0.15) is 0 Å². The summed E-state index contributed by atoms with van der Waals surface area (Å²) in [7, 11) is 0. The van der Waals surface area contributed by atoms with E-state index in [0.717, 1.165) is 11.1 Å². The molecule has 1 N–H and O–H groups in total. The molecular weight excluding hydrogens is 266 g/mol. The van der Waals surface area contributed by atoms with Crippen molar-refractivity contribution in [3.05, 3.63) is 66.0 Å². The van der Waals surface area contributed by atoms with Gasteiger partial charge in [0.1, 0.15) is 5.54 Å². The van der Waals surface area contributed by atoms with E-state index in [0.29, 0.717) is 6.54 Å². The first-order chi connectivity index (χ1) is 10.1. The van der Waals surface area contributed by atoms with E-state index in [2.05, 4.69) is 10.3 Å². The number of nitrogens with zero attached hydrogens (tertiary/aromatic N) is 2. The highest BCUT2D eigenvalue weighted by Crippen LogP contribution is 2.33. The highest BCUT2D eigenvalue weighted by molar-refractivity contribution is 6.07. The number of hydrogen-bond donors (Lipinski definition) is 1. The van der Waals surface area contributed by atoms with Crippen molar-refractivity contribution < 1.29 is 9.59 Å². The van der Waals surface area contributed by atoms with Gasteiger partial charge in [0.2, 0.25) is 0 Å². The molecule has 0 saturated carbocycles. The van der Waals surface area contributed by atoms with Crippen LogP contribution >= 0.6 is 0 Å². The van der Waals surface area contributed by atoms with Gasteiger partial charge in [-0.1, -0.05) is 30.3 Å². The van der Waals surface area contributed by atoms with Gasteiger partial charge in [0.25, 0.3) is 5.91 Å². The van der Waals surface area contributed by atoms with Crippen LogP contribution in [0.1, 0.15) is 18.1 Å². The number of rotatable bonds is 3. The van der Waals surface area contributed by atoms with Crippen molar-refractivity contribution >= 4 is 11.9 Å². The number of pyridine rings is 1. The lowest BCUT2D eigenvalue weighted by atomic mass is 9.90. The minimum absolute atomic E-state index is 0.298. The molecule has 1 aromatic carbocycles. The van der Waals surface area contributed by atoms with Crippen LogP contribution in [0.3, 0.4) is 0 Å². The number of aromatic nitrogens is 1. The van der Waals surface area contributed by atoms with E-state index in [4.69, 9.17) is 0 Å². The van der Waals surface area contributed by atoms with Crippen LogP contribution in [0.25, 0.3) is 0 Å². The molecular formula is C16H15N3O2. The molecule has 1 saturated heterocycles. The van der Waals surface area contributed by atoms with Crippen molar-refractivity contribution in [3.63, 3.8) is 0 Å². The maximum Gasteiger partial charge on any atom is 0.325 e. The summed E-state index contributed by atoms with van der Waals surface area (Å²) in [6, 6.07) is 12.6. The third-order valence-electron chi connectivity index (χ3n) is 3.87. The zero-order valence-electron chi connectivity index (χ0n) is 11.6. The molecule has 2 heterocycles. The van der Waals surface area contributed by atoms with Crippen LogP contribution in [0.15, 0.2) is 54.9 Å². The molecule has 106 valence electrons. The summed E-state index contributed by atoms with van der Waals surface area (Å²) >= 11 is 0. The first-order valence-electron chi connectivity index (χ1n) is 6.70. The van der Waals surface area contributed by atoms with Crippen molar-refractivity contribution in [1.29, 1.82) is 0 Å². The van der Waals surface area contributed by atoms with Gasteiger partial charge in [-0.25, -0.2) is 4.79 Å². The number of urea groups is 1. The Morgan fingerprint density at radius 2 is 1.76 bits per heavy atom. The molecule has 0 bridgehead atoms. The fraction of sp³-hybridized carbons (Fsp3) is 0.188. The molecule has 0 spiro atoms. The van der Waals surface area contributed by atoms with Gasteiger partial charge in [0.15, 0.2) is 0 Å². The minimum atomic E-state index is -0.998. The van der Waals surface area contributed by atoms with Gasteiger partial charge in [0, 0.05) is 18.9 Å². The number of benzene rings is 1. The van der Waals surface area contributed by atoms with Gasteiger partial charge in [-0.05, 0) is 30.2 Å². The second-order valence-electron chi connectivity index (χ2n) is 5.14. The molecule has 1 aliphatic heterocycles. The quantitative estimate of drug-likeness (QED) is 0.876. The molecule has 2 aromatic rings. The van der Waals surface area contributed by atoms with Crippen LogP contribution < -0.4 is 5.32 Å². The van der Waals surface area contributed by atoms with Gasteiger partial charge in [0.05, 0.1) is 0 Å². The van der Waals surface area contributed by atoms with E-state index >= 15 is 0 Å². The number of amides is 3. The number of carbonyl (C=O) groups is 2. The molecule has 0 aliphatic carbocycles. The Balaban J connectivity index is 2.00. The smallest absolute Gasteiger partial charge is 0.302 e. The lowest BCUT2D eigenvalue weighted by Gasteiger charge is -2.32. The third kappa shape index (κ3) is 2.16. The standard InChI is InChI=1S/C16H15N3O2/c1-16(13-5-3-2-4-6-13)14(20)18-15(21)19(16)11-12-7-9-17-10-8-12/h2-10H,11H2,1H3,(H,18,20,21). The summed E-state index contributed by atoms with van der Waals surface area (Å²) in [5, 5.41) is 2.41. The van der Waals surface area contributed by atoms with Crippen LogP contribution in [-0.4, -0.2) is 21.8 Å². The third-order valence-corrected chi connectivity index (χ3v) is 3.87. The highest BCUT2D eigenvalue weighted by Gasteiger charge is 2.50. The maximum atomic E-state index is 12.3. The van der Waals surface area contributed by atoms with Crippen molar-refractivity contribution in [2.75, 3.05) is 0 Å². The second kappa shape index (κ2) is 5.01. The second-order valence-corrected chi connectivity index (χ2v) is 5.14. The zero-order chi connectivity index (χ0) is 14.9. The molecule has 5 nitrogen and oxygen atoms in total. The van der Waals surface area contributed by atoms with Crippen LogP contribution in [-0.2, 0) is 16.9 Å². The highest BCUT2D eigenvalue weighted by atomic mass is 16.2. The average Bonchev–Trinajstić information content (AvgIpc) is 2.74. The largest absolute Gasteiger partial charge is 0.325 e. The van der Waals surface area contributed by atoms with Crippen LogP contribution in [0, 0.1) is 0 Å². The van der Waals surface area contributed by atoms with Crippen LogP contribution in [0.5, 0.6) is 0 Å². The summed E-state index contributed by atoms with van der Waals surface area (Å²) in [4.78, 5) is 30.0. The van der Waals surface area contributed by atoms with Gasteiger partial charge in [-0.15, -0.1) is 0 Å². The minimum Gasteiger partial charge on any atom is -0.302 e. The van der Waals surface area contributed by atoms with Crippen molar-refractivity contribution in [2.24, 2.45) is 0 Å². The Hall–Kier alpha value is -2.69. The summed E-state index contributed by atoms with van der Waals surface area (Å²) < 4.78 is 0. The van der Waals surface area contributed by atoms with Crippen molar-refractivity contribution in [2.45, 2.75) is 19.0 Å². The Kier molecular flexibility index (Phi) is 3.17. The van der Waals surface area contributed by atoms with Gasteiger partial charge >= 0.3 is 6.03 Å². The summed E-state index contributed by atoms with van der Waals surface area (Å²) in [6.45, 7) is 2.12. The molecule has 1 aliphatic rings. The SMILES string of the molecule is CC1(c2ccccc2)C(=O)NC(=O)N1Cc1ccncc1. The van der Waals surface area contributed by atoms with Crippen LogP contribution in [0.2, 0.25) is 0 Å². The summed E-state index contributed by atoms with van der Waals surface area (Å²) in [5.74, 6) is -0.298. The maximum absolute atomic E-state index is 12.3. The molecule has 1 atom stereocenters. The molecule has 5 heteroatoms. The first kappa shape index (κ1) is 13.3. The Morgan fingerprint density at radius 1 is 1.10 bits per heavy atom. The number of carbonyl (C=O) groups excluding carboxylic acids is 2. The molecule has 3 amide bonds. The number of imide groups is 1. The molecule has 1 fully saturated rings. The summed E-state index contributed by atoms with van der Waals surface area (Å²) in [5.41, 5.74) is 0.723. The predicted octanol–water partition coefficient (Wildman–Crippen LogP) is 2.05. The molecule has 0 radical (unpaired) electrons. The number of hydrogen-bond acceptors (Lipinski definition) is 3. The lowest BCUT2D eigenvalue weighted by molar-refractivity contribution is -0.126. The normalized spacial score (nSPS) is 21.5. The predicted molar refractivity (Wildman–Crippen MR) is 77.1 cm³/mol. The van der Waals surface area contributed by atoms with Crippen molar-refractivity contribution in [3.8, 4) is 0 Å². The van der Waals surface area contributed by atoms with E-state index in [1.165, 1.54) is 0 Å². The lowest BCUT2D eigenvalue weighted by Crippen LogP contribution is -2.43. The first-order valence-corrected chi connectivity index (χ1v) is 6.70. The fourth-order valence-electron chi connectivity index (χ4n) is 2.56. The average molecular weight is 281 g/mol. The molecule has 21 heavy (non-hydrogen) atoms. The topological polar surface area (TPSA) is 62.3 Å². The van der Waals surface area contributed by atoms with E-state index < -0.39 is 5.54 Å². The Labute approximate surface area is 122 Å². The molecule has 1 unspecified atom stereocenters. The van der Waals surface area contributed by atoms with E-state index in [-0.39, 0.29) is 11.9 Å². The summed E-state index contributed by atoms with van der Waals surface area (Å²) in [6.07, 6.45) is 3.34. The van der Waals surface area contributed by atoms with Crippen molar-refractivity contribution in [1.82, 2.24) is 15.2 Å². The monoisotopic (exact) mass is 281 g/mol. The molecule has 1 aromatic heterocycles. The fourth-order valence-corrected chi connectivity index (χ4v) is 2.56. The Bertz CT molecular complexity index is 672. The van der Waals surface area contributed by atoms with Crippen LogP contribution in [0.4, 0.5) is 4.79 Å². The molecule has 3 rings (SSSR count). The van der Waals surface area contributed by atoms with E-state index in [1.54, 1.807) is 24.2 Å². The number of nitrogens with one attached hydrogen (secondary N) is 1. The van der Waals surface area contributed by atoms with Gasteiger partial charge in [-0.3, -0.25) is 15.1 Å².